The lowest BCUT2D eigenvalue weighted by Crippen LogP contribution is -2.34. The molecule has 2 aliphatic rings. The van der Waals surface area contributed by atoms with Crippen molar-refractivity contribution in [1.29, 1.82) is 0 Å². The Hall–Kier alpha value is -2.96. The Morgan fingerprint density at radius 1 is 1.13 bits per heavy atom. The first-order chi connectivity index (χ1) is 15.0. The van der Waals surface area contributed by atoms with Crippen LogP contribution in [0.3, 0.4) is 0 Å². The molecule has 31 heavy (non-hydrogen) atoms. The quantitative estimate of drug-likeness (QED) is 0.776. The Morgan fingerprint density at radius 3 is 2.48 bits per heavy atom. The summed E-state index contributed by atoms with van der Waals surface area (Å²) in [7, 11) is 0. The largest absolute Gasteiger partial charge is 0.348 e. The standard InChI is InChI=1S/C24H31N5O2/c1-17-9-12-28(13-10-17)24-26-15-21(18(2)27-24)23(31)25-14-19-5-7-20(8-6-19)16-29-11-3-4-22(29)30/h5-8,15,17H,3-4,9-14,16H2,1-2H3,(H,25,31). The number of hydrogen-bond donors (Lipinski definition) is 1. The first kappa shape index (κ1) is 21.3. The maximum atomic E-state index is 12.7. The molecule has 3 heterocycles. The van der Waals surface area contributed by atoms with Crippen LogP contribution in [0.15, 0.2) is 30.5 Å². The Bertz CT molecular complexity index is 935. The van der Waals surface area contributed by atoms with Crippen molar-refractivity contribution in [3.63, 3.8) is 0 Å². The fraction of sp³-hybridized carbons (Fsp3) is 0.500. The van der Waals surface area contributed by atoms with Gasteiger partial charge in [0.25, 0.3) is 5.91 Å². The Kier molecular flexibility index (Phi) is 6.49. The van der Waals surface area contributed by atoms with Gasteiger partial charge in [-0.1, -0.05) is 31.2 Å². The van der Waals surface area contributed by atoms with Crippen LogP contribution in [0.5, 0.6) is 0 Å². The van der Waals surface area contributed by atoms with Gasteiger partial charge < -0.3 is 15.1 Å². The summed E-state index contributed by atoms with van der Waals surface area (Å²) < 4.78 is 0. The number of carbonyl (C=O) groups excluding carboxylic acids is 2. The van der Waals surface area contributed by atoms with Gasteiger partial charge in [-0.15, -0.1) is 0 Å². The molecule has 164 valence electrons. The van der Waals surface area contributed by atoms with Crippen LogP contribution in [0.1, 0.15) is 59.8 Å². The fourth-order valence-corrected chi connectivity index (χ4v) is 4.17. The highest BCUT2D eigenvalue weighted by Gasteiger charge is 2.21. The van der Waals surface area contributed by atoms with Crippen molar-refractivity contribution in [3.05, 3.63) is 52.8 Å². The molecule has 2 aliphatic heterocycles. The second kappa shape index (κ2) is 9.45. The monoisotopic (exact) mass is 421 g/mol. The second-order valence-electron chi connectivity index (χ2n) is 8.76. The Labute approximate surface area is 183 Å². The predicted molar refractivity (Wildman–Crippen MR) is 120 cm³/mol. The molecule has 0 bridgehead atoms. The minimum absolute atomic E-state index is 0.164. The number of rotatable bonds is 6. The van der Waals surface area contributed by atoms with Crippen molar-refractivity contribution in [2.24, 2.45) is 5.92 Å². The molecular weight excluding hydrogens is 390 g/mol. The molecule has 2 amide bonds. The van der Waals surface area contributed by atoms with Crippen LogP contribution in [-0.2, 0) is 17.9 Å². The van der Waals surface area contributed by atoms with Crippen molar-refractivity contribution in [2.75, 3.05) is 24.5 Å². The highest BCUT2D eigenvalue weighted by molar-refractivity contribution is 5.94. The molecule has 7 nitrogen and oxygen atoms in total. The van der Waals surface area contributed by atoms with Crippen LogP contribution in [0.4, 0.5) is 5.95 Å². The number of nitrogens with one attached hydrogen (secondary N) is 1. The number of carbonyl (C=O) groups is 2. The summed E-state index contributed by atoms with van der Waals surface area (Å²) in [6.45, 7) is 8.01. The van der Waals surface area contributed by atoms with Crippen molar-refractivity contribution >= 4 is 17.8 Å². The zero-order valence-corrected chi connectivity index (χ0v) is 18.4. The lowest BCUT2D eigenvalue weighted by molar-refractivity contribution is -0.128. The van der Waals surface area contributed by atoms with Gasteiger partial charge in [0, 0.05) is 45.3 Å². The van der Waals surface area contributed by atoms with E-state index in [2.05, 4.69) is 27.1 Å². The Balaban J connectivity index is 1.31. The first-order valence-electron chi connectivity index (χ1n) is 11.2. The molecule has 2 fully saturated rings. The van der Waals surface area contributed by atoms with Gasteiger partial charge in [0.2, 0.25) is 11.9 Å². The minimum atomic E-state index is -0.164. The van der Waals surface area contributed by atoms with E-state index in [1.807, 2.05) is 36.1 Å². The average molecular weight is 422 g/mol. The summed E-state index contributed by atoms with van der Waals surface area (Å²) in [5, 5.41) is 2.96. The van der Waals surface area contributed by atoms with Crippen molar-refractivity contribution in [3.8, 4) is 0 Å². The lowest BCUT2D eigenvalue weighted by atomic mass is 10.00. The summed E-state index contributed by atoms with van der Waals surface area (Å²) in [6, 6.07) is 8.05. The zero-order chi connectivity index (χ0) is 21.8. The number of piperidine rings is 1. The van der Waals surface area contributed by atoms with E-state index in [0.717, 1.165) is 55.9 Å². The molecule has 2 aromatic rings. The van der Waals surface area contributed by atoms with E-state index < -0.39 is 0 Å². The highest BCUT2D eigenvalue weighted by atomic mass is 16.2. The van der Waals surface area contributed by atoms with Crippen molar-refractivity contribution < 1.29 is 9.59 Å². The molecule has 0 radical (unpaired) electrons. The second-order valence-corrected chi connectivity index (χ2v) is 8.76. The third kappa shape index (κ3) is 5.21. The van der Waals surface area contributed by atoms with E-state index in [1.165, 1.54) is 0 Å². The normalized spacial score (nSPS) is 17.3. The number of amides is 2. The number of benzene rings is 1. The van der Waals surface area contributed by atoms with E-state index >= 15 is 0 Å². The van der Waals surface area contributed by atoms with E-state index in [4.69, 9.17) is 0 Å². The van der Waals surface area contributed by atoms with Gasteiger partial charge in [0.1, 0.15) is 0 Å². The fourth-order valence-electron chi connectivity index (χ4n) is 4.17. The van der Waals surface area contributed by atoms with Crippen LogP contribution >= 0.6 is 0 Å². The lowest BCUT2D eigenvalue weighted by Gasteiger charge is -2.30. The van der Waals surface area contributed by atoms with E-state index in [0.29, 0.717) is 36.7 Å². The van der Waals surface area contributed by atoms with Crippen molar-refractivity contribution in [2.45, 2.75) is 52.6 Å². The highest BCUT2D eigenvalue weighted by Crippen LogP contribution is 2.21. The van der Waals surface area contributed by atoms with Crippen LogP contribution in [0.2, 0.25) is 0 Å². The van der Waals surface area contributed by atoms with Gasteiger partial charge in [-0.2, -0.15) is 0 Å². The number of hydrogen-bond acceptors (Lipinski definition) is 5. The van der Waals surface area contributed by atoms with Crippen LogP contribution in [0, 0.1) is 12.8 Å². The molecule has 4 rings (SSSR count). The molecule has 1 aromatic carbocycles. The molecule has 0 atom stereocenters. The van der Waals surface area contributed by atoms with Crippen LogP contribution in [0.25, 0.3) is 0 Å². The zero-order valence-electron chi connectivity index (χ0n) is 18.4. The van der Waals surface area contributed by atoms with Gasteiger partial charge in [0.15, 0.2) is 0 Å². The van der Waals surface area contributed by atoms with Gasteiger partial charge in [-0.3, -0.25) is 9.59 Å². The number of likely N-dealkylation sites (tertiary alicyclic amines) is 1. The van der Waals surface area contributed by atoms with Gasteiger partial charge in [-0.05, 0) is 43.2 Å². The van der Waals surface area contributed by atoms with Gasteiger partial charge in [-0.25, -0.2) is 9.97 Å². The average Bonchev–Trinajstić information content (AvgIpc) is 3.18. The molecule has 1 aromatic heterocycles. The van der Waals surface area contributed by atoms with Gasteiger partial charge in [0.05, 0.1) is 11.3 Å². The SMILES string of the molecule is Cc1nc(N2CCC(C)CC2)ncc1C(=O)NCc1ccc(CN2CCCC2=O)cc1. The molecule has 0 aliphatic carbocycles. The summed E-state index contributed by atoms with van der Waals surface area (Å²) >= 11 is 0. The summed E-state index contributed by atoms with van der Waals surface area (Å²) in [5.74, 6) is 1.53. The molecule has 1 N–H and O–H groups in total. The van der Waals surface area contributed by atoms with E-state index in [9.17, 15) is 9.59 Å². The molecular formula is C24H31N5O2. The van der Waals surface area contributed by atoms with Gasteiger partial charge >= 0.3 is 0 Å². The number of anilines is 1. The Morgan fingerprint density at radius 2 is 1.84 bits per heavy atom. The minimum Gasteiger partial charge on any atom is -0.348 e. The first-order valence-corrected chi connectivity index (χ1v) is 11.2. The molecule has 7 heteroatoms. The number of aromatic nitrogens is 2. The number of aryl methyl sites for hydroxylation is 1. The smallest absolute Gasteiger partial charge is 0.254 e. The number of nitrogens with zero attached hydrogens (tertiary/aromatic N) is 4. The van der Waals surface area contributed by atoms with E-state index in [1.54, 1.807) is 6.20 Å². The predicted octanol–water partition coefficient (Wildman–Crippen LogP) is 3.07. The summed E-state index contributed by atoms with van der Waals surface area (Å²) in [4.78, 5) is 37.6. The maximum Gasteiger partial charge on any atom is 0.254 e. The van der Waals surface area contributed by atoms with Crippen LogP contribution in [-0.4, -0.2) is 46.3 Å². The van der Waals surface area contributed by atoms with Crippen molar-refractivity contribution in [1.82, 2.24) is 20.2 Å². The van der Waals surface area contributed by atoms with E-state index in [-0.39, 0.29) is 11.8 Å². The molecule has 0 saturated carbocycles. The summed E-state index contributed by atoms with van der Waals surface area (Å²) in [5.41, 5.74) is 3.34. The summed E-state index contributed by atoms with van der Waals surface area (Å²) in [6.07, 6.45) is 5.55. The van der Waals surface area contributed by atoms with Crippen LogP contribution < -0.4 is 10.2 Å². The third-order valence-corrected chi connectivity index (χ3v) is 6.30. The molecule has 0 unspecified atom stereocenters. The molecule has 2 saturated heterocycles. The molecule has 0 spiro atoms. The topological polar surface area (TPSA) is 78.4 Å². The maximum absolute atomic E-state index is 12.7. The third-order valence-electron chi connectivity index (χ3n) is 6.30.